The number of amides is 1. The number of benzene rings is 2. The van der Waals surface area contributed by atoms with E-state index in [9.17, 15) is 14.9 Å². The predicted octanol–water partition coefficient (Wildman–Crippen LogP) is 3.59. The lowest BCUT2D eigenvalue weighted by molar-refractivity contribution is -0.384. The minimum absolute atomic E-state index is 0.00981. The zero-order chi connectivity index (χ0) is 20.9. The minimum Gasteiger partial charge on any atom is -0.487 e. The zero-order valence-corrected chi connectivity index (χ0v) is 17.0. The van der Waals surface area contributed by atoms with Gasteiger partial charge in [0.2, 0.25) is 0 Å². The average molecular weight is 424 g/mol. The summed E-state index contributed by atoms with van der Waals surface area (Å²) in [6, 6.07) is 13.7. The van der Waals surface area contributed by atoms with Crippen molar-refractivity contribution < 1.29 is 14.5 Å². The molecule has 0 bridgehead atoms. The Morgan fingerprint density at radius 3 is 2.37 bits per heavy atom. The van der Waals surface area contributed by atoms with Gasteiger partial charge >= 0.3 is 0 Å². The third kappa shape index (κ3) is 4.57. The van der Waals surface area contributed by atoms with Crippen molar-refractivity contribution in [2.24, 2.45) is 0 Å². The smallest absolute Gasteiger partial charge is 0.269 e. The molecule has 3 aromatic rings. The van der Waals surface area contributed by atoms with Gasteiger partial charge in [-0.15, -0.1) is 11.3 Å². The lowest BCUT2D eigenvalue weighted by Gasteiger charge is -2.36. The Hall–Kier alpha value is -3.46. The first-order valence-electron chi connectivity index (χ1n) is 9.49. The largest absolute Gasteiger partial charge is 0.487 e. The van der Waals surface area contributed by atoms with Gasteiger partial charge in [-0.2, -0.15) is 0 Å². The van der Waals surface area contributed by atoms with Crippen LogP contribution < -0.4 is 9.64 Å². The molecule has 2 heterocycles. The van der Waals surface area contributed by atoms with Crippen LogP contribution in [0.15, 0.2) is 59.4 Å². The van der Waals surface area contributed by atoms with E-state index in [-0.39, 0.29) is 11.6 Å². The van der Waals surface area contributed by atoms with Gasteiger partial charge in [0.15, 0.2) is 0 Å². The van der Waals surface area contributed by atoms with E-state index in [2.05, 4.69) is 9.88 Å². The van der Waals surface area contributed by atoms with Crippen molar-refractivity contribution in [1.29, 1.82) is 0 Å². The van der Waals surface area contributed by atoms with Crippen molar-refractivity contribution in [2.45, 2.75) is 6.61 Å². The SMILES string of the molecule is O=C(c1ccc(OCc2cscn2)cc1)N1CCN(c2ccc([N+](=O)[O-])cc2)CC1. The van der Waals surface area contributed by atoms with Crippen LogP contribution in [-0.2, 0) is 6.61 Å². The zero-order valence-electron chi connectivity index (χ0n) is 16.1. The Kier molecular flexibility index (Phi) is 5.89. The Morgan fingerprint density at radius 2 is 1.77 bits per heavy atom. The first-order valence-corrected chi connectivity index (χ1v) is 10.4. The number of nitro benzene ring substituents is 1. The molecule has 1 amide bonds. The van der Waals surface area contributed by atoms with Gasteiger partial charge in [0.1, 0.15) is 12.4 Å². The molecule has 8 nitrogen and oxygen atoms in total. The normalized spacial score (nSPS) is 13.9. The number of aromatic nitrogens is 1. The number of hydrogen-bond acceptors (Lipinski definition) is 7. The summed E-state index contributed by atoms with van der Waals surface area (Å²) in [4.78, 5) is 31.3. The van der Waals surface area contributed by atoms with Gasteiger partial charge in [-0.05, 0) is 36.4 Å². The Morgan fingerprint density at radius 1 is 1.07 bits per heavy atom. The molecule has 0 saturated carbocycles. The summed E-state index contributed by atoms with van der Waals surface area (Å²) in [5.41, 5.74) is 4.27. The minimum atomic E-state index is -0.407. The van der Waals surface area contributed by atoms with Gasteiger partial charge in [-0.1, -0.05) is 0 Å². The van der Waals surface area contributed by atoms with Gasteiger partial charge < -0.3 is 14.5 Å². The molecule has 9 heteroatoms. The molecule has 1 aliphatic heterocycles. The standard InChI is InChI=1S/C21H20N4O4S/c26-21(16-1-7-20(8-2-16)29-13-17-14-30-15-22-17)24-11-9-23(10-12-24)18-3-5-19(6-4-18)25(27)28/h1-8,14-15H,9-13H2. The van der Waals surface area contributed by atoms with Crippen LogP contribution in [0.5, 0.6) is 5.75 Å². The van der Waals surface area contributed by atoms with E-state index >= 15 is 0 Å². The van der Waals surface area contributed by atoms with Crippen molar-refractivity contribution in [3.8, 4) is 5.75 Å². The second-order valence-electron chi connectivity index (χ2n) is 6.85. The average Bonchev–Trinajstić information content (AvgIpc) is 3.31. The molecule has 1 saturated heterocycles. The van der Waals surface area contributed by atoms with Crippen LogP contribution in [0.2, 0.25) is 0 Å². The fourth-order valence-corrected chi connectivity index (χ4v) is 3.84. The molecular weight excluding hydrogens is 404 g/mol. The quantitative estimate of drug-likeness (QED) is 0.444. The fourth-order valence-electron chi connectivity index (χ4n) is 3.30. The van der Waals surface area contributed by atoms with E-state index in [1.165, 1.54) is 23.5 Å². The van der Waals surface area contributed by atoms with Crippen LogP contribution in [0.25, 0.3) is 0 Å². The van der Waals surface area contributed by atoms with E-state index in [0.717, 1.165) is 11.4 Å². The molecule has 4 rings (SSSR count). The number of carbonyl (C=O) groups is 1. The van der Waals surface area contributed by atoms with Crippen molar-refractivity contribution >= 4 is 28.6 Å². The molecule has 0 aliphatic carbocycles. The third-order valence-electron chi connectivity index (χ3n) is 4.96. The van der Waals surface area contributed by atoms with Crippen molar-refractivity contribution in [3.05, 3.63) is 80.8 Å². The highest BCUT2D eigenvalue weighted by Gasteiger charge is 2.22. The van der Waals surface area contributed by atoms with Crippen LogP contribution in [0, 0.1) is 10.1 Å². The summed E-state index contributed by atoms with van der Waals surface area (Å²) in [5, 5.41) is 12.7. The van der Waals surface area contributed by atoms with Crippen LogP contribution >= 0.6 is 11.3 Å². The summed E-state index contributed by atoms with van der Waals surface area (Å²) in [7, 11) is 0. The van der Waals surface area contributed by atoms with Gasteiger partial charge in [-0.3, -0.25) is 14.9 Å². The van der Waals surface area contributed by atoms with Crippen LogP contribution in [0.3, 0.4) is 0 Å². The first kappa shape index (κ1) is 19.8. The number of hydrogen-bond donors (Lipinski definition) is 0. The summed E-state index contributed by atoms with van der Waals surface area (Å²) in [6.45, 7) is 2.95. The number of piperazine rings is 1. The highest BCUT2D eigenvalue weighted by Crippen LogP contribution is 2.22. The molecule has 1 aliphatic rings. The lowest BCUT2D eigenvalue weighted by atomic mass is 10.1. The number of non-ortho nitro benzene ring substituents is 1. The Bertz CT molecular complexity index is 999. The first-order chi connectivity index (χ1) is 14.6. The van der Waals surface area contributed by atoms with E-state index in [4.69, 9.17) is 4.74 Å². The number of rotatable bonds is 6. The fraction of sp³-hybridized carbons (Fsp3) is 0.238. The van der Waals surface area contributed by atoms with Gasteiger partial charge in [-0.25, -0.2) is 4.98 Å². The summed E-state index contributed by atoms with van der Waals surface area (Å²) < 4.78 is 5.69. The maximum Gasteiger partial charge on any atom is 0.269 e. The van der Waals surface area contributed by atoms with Crippen molar-refractivity contribution in [1.82, 2.24) is 9.88 Å². The Labute approximate surface area is 177 Å². The highest BCUT2D eigenvalue weighted by atomic mass is 32.1. The molecule has 0 atom stereocenters. The lowest BCUT2D eigenvalue weighted by Crippen LogP contribution is -2.48. The highest BCUT2D eigenvalue weighted by molar-refractivity contribution is 7.07. The number of anilines is 1. The molecule has 0 unspecified atom stereocenters. The number of carbonyl (C=O) groups excluding carboxylic acids is 1. The van der Waals surface area contributed by atoms with E-state index in [1.54, 1.807) is 41.9 Å². The van der Waals surface area contributed by atoms with Gasteiger partial charge in [0, 0.05) is 54.9 Å². The number of nitrogens with zero attached hydrogens (tertiary/aromatic N) is 4. The molecular formula is C21H20N4O4S. The van der Waals surface area contributed by atoms with Crippen LogP contribution in [0.1, 0.15) is 16.1 Å². The number of thiazole rings is 1. The second kappa shape index (κ2) is 8.91. The summed E-state index contributed by atoms with van der Waals surface area (Å²) in [6.07, 6.45) is 0. The molecule has 0 N–H and O–H groups in total. The van der Waals surface area contributed by atoms with Crippen LogP contribution in [0.4, 0.5) is 11.4 Å². The van der Waals surface area contributed by atoms with E-state index in [0.29, 0.717) is 44.1 Å². The summed E-state index contributed by atoms with van der Waals surface area (Å²) in [5.74, 6) is 0.687. The molecule has 0 spiro atoms. The second-order valence-corrected chi connectivity index (χ2v) is 7.56. The van der Waals surface area contributed by atoms with Crippen molar-refractivity contribution in [3.63, 3.8) is 0 Å². The molecule has 1 fully saturated rings. The molecule has 30 heavy (non-hydrogen) atoms. The molecule has 1 aromatic heterocycles. The predicted molar refractivity (Wildman–Crippen MR) is 114 cm³/mol. The topological polar surface area (TPSA) is 88.8 Å². The molecule has 154 valence electrons. The van der Waals surface area contributed by atoms with Crippen LogP contribution in [-0.4, -0.2) is 46.9 Å². The Balaban J connectivity index is 1.30. The number of nitro groups is 1. The monoisotopic (exact) mass is 424 g/mol. The van der Waals surface area contributed by atoms with Gasteiger partial charge in [0.25, 0.3) is 11.6 Å². The molecule has 2 aromatic carbocycles. The summed E-state index contributed by atoms with van der Waals surface area (Å²) >= 11 is 1.53. The third-order valence-corrected chi connectivity index (χ3v) is 5.60. The van der Waals surface area contributed by atoms with E-state index < -0.39 is 4.92 Å². The van der Waals surface area contributed by atoms with E-state index in [1.807, 2.05) is 10.3 Å². The number of ether oxygens (including phenoxy) is 1. The van der Waals surface area contributed by atoms with Gasteiger partial charge in [0.05, 0.1) is 16.1 Å². The molecule has 0 radical (unpaired) electrons. The van der Waals surface area contributed by atoms with Crippen molar-refractivity contribution in [2.75, 3.05) is 31.1 Å². The maximum absolute atomic E-state index is 12.8. The maximum atomic E-state index is 12.8.